The van der Waals surface area contributed by atoms with Gasteiger partial charge in [-0.2, -0.15) is 0 Å². The van der Waals surface area contributed by atoms with E-state index in [1.54, 1.807) is 0 Å². The lowest BCUT2D eigenvalue weighted by Crippen LogP contribution is -2.51. The minimum absolute atomic E-state index is 0.246. The maximum absolute atomic E-state index is 12.5. The number of urea groups is 1. The molecule has 1 atom stereocenters. The highest BCUT2D eigenvalue weighted by atomic mass is 16.2. The van der Waals surface area contributed by atoms with Crippen LogP contribution in [0.15, 0.2) is 18.2 Å². The molecule has 2 fully saturated rings. The number of nitrogens with one attached hydrogen (secondary N) is 1. The third-order valence-corrected chi connectivity index (χ3v) is 5.43. The van der Waals surface area contributed by atoms with Crippen LogP contribution in [0.4, 0.5) is 10.5 Å². The van der Waals surface area contributed by atoms with E-state index in [4.69, 9.17) is 0 Å². The fraction of sp³-hybridized carbons (Fsp3) is 0.632. The number of carbonyl (C=O) groups is 1. The monoisotopic (exact) mass is 328 g/mol. The van der Waals surface area contributed by atoms with Crippen LogP contribution in [-0.2, 0) is 13.0 Å². The zero-order valence-electron chi connectivity index (χ0n) is 14.8. The predicted octanol–water partition coefficient (Wildman–Crippen LogP) is 2.23. The number of hydrogen-bond acceptors (Lipinski definition) is 3. The zero-order valence-corrected chi connectivity index (χ0v) is 14.8. The Balaban J connectivity index is 1.42. The minimum Gasteiger partial charge on any atom is -0.384 e. The molecule has 3 heterocycles. The second-order valence-electron chi connectivity index (χ2n) is 7.79. The van der Waals surface area contributed by atoms with E-state index in [2.05, 4.69) is 47.2 Å². The van der Waals surface area contributed by atoms with Crippen LogP contribution < -0.4 is 5.32 Å². The molecule has 1 aromatic carbocycles. The van der Waals surface area contributed by atoms with Crippen LogP contribution in [0.2, 0.25) is 0 Å². The Morgan fingerprint density at radius 2 is 2.12 bits per heavy atom. The van der Waals surface area contributed by atoms with Crippen molar-refractivity contribution in [3.63, 3.8) is 0 Å². The molecule has 24 heavy (non-hydrogen) atoms. The van der Waals surface area contributed by atoms with E-state index < -0.39 is 0 Å². The van der Waals surface area contributed by atoms with E-state index in [-0.39, 0.29) is 6.03 Å². The van der Waals surface area contributed by atoms with Crippen molar-refractivity contribution >= 4 is 11.7 Å². The van der Waals surface area contributed by atoms with Gasteiger partial charge < -0.3 is 15.1 Å². The third-order valence-electron chi connectivity index (χ3n) is 5.43. The van der Waals surface area contributed by atoms with Crippen molar-refractivity contribution in [3.8, 4) is 0 Å². The number of para-hydroxylation sites is 1. The van der Waals surface area contributed by atoms with Gasteiger partial charge in [0.05, 0.1) is 6.04 Å². The molecule has 3 aliphatic heterocycles. The fourth-order valence-electron chi connectivity index (χ4n) is 4.36. The average molecular weight is 328 g/mol. The van der Waals surface area contributed by atoms with Gasteiger partial charge in [-0.25, -0.2) is 4.79 Å². The summed E-state index contributed by atoms with van der Waals surface area (Å²) in [4.78, 5) is 19.2. The van der Waals surface area contributed by atoms with Gasteiger partial charge in [-0.3, -0.25) is 4.90 Å². The first-order valence-corrected chi connectivity index (χ1v) is 9.24. The maximum Gasteiger partial charge on any atom is 0.320 e. The first-order chi connectivity index (χ1) is 11.6. The van der Waals surface area contributed by atoms with Gasteiger partial charge in [0.1, 0.15) is 0 Å². The molecule has 0 aromatic heterocycles. The molecular formula is C19H28N4O. The van der Waals surface area contributed by atoms with Gasteiger partial charge in [0.2, 0.25) is 0 Å². The number of benzene rings is 1. The number of fused-ring (bicyclic) bond motifs is 2. The van der Waals surface area contributed by atoms with Gasteiger partial charge in [0.25, 0.3) is 0 Å². The summed E-state index contributed by atoms with van der Waals surface area (Å²) in [7, 11) is 0. The van der Waals surface area contributed by atoms with Crippen molar-refractivity contribution in [2.45, 2.75) is 32.9 Å². The van der Waals surface area contributed by atoms with Crippen LogP contribution >= 0.6 is 0 Å². The molecule has 2 saturated heterocycles. The molecule has 0 saturated carbocycles. The molecule has 0 spiro atoms. The van der Waals surface area contributed by atoms with Crippen LogP contribution in [0.5, 0.6) is 0 Å². The Morgan fingerprint density at radius 1 is 1.25 bits per heavy atom. The summed E-state index contributed by atoms with van der Waals surface area (Å²) in [6, 6.07) is 7.26. The molecule has 0 radical (unpaired) electrons. The first kappa shape index (κ1) is 15.8. The summed E-state index contributed by atoms with van der Waals surface area (Å²) in [6.07, 6.45) is 1.14. The largest absolute Gasteiger partial charge is 0.384 e. The van der Waals surface area contributed by atoms with Crippen molar-refractivity contribution in [1.29, 1.82) is 0 Å². The van der Waals surface area contributed by atoms with Gasteiger partial charge in [-0.05, 0) is 23.5 Å². The molecule has 1 aromatic rings. The molecule has 0 aliphatic carbocycles. The van der Waals surface area contributed by atoms with Crippen LogP contribution in [-0.4, -0.2) is 66.0 Å². The quantitative estimate of drug-likeness (QED) is 0.921. The predicted molar refractivity (Wildman–Crippen MR) is 96.2 cm³/mol. The molecule has 2 amide bonds. The lowest BCUT2D eigenvalue weighted by molar-refractivity contribution is 0.116. The molecule has 0 bridgehead atoms. The molecule has 4 rings (SSSR count). The van der Waals surface area contributed by atoms with E-state index in [1.807, 2.05) is 4.90 Å². The Morgan fingerprint density at radius 3 is 2.96 bits per heavy atom. The van der Waals surface area contributed by atoms with Crippen molar-refractivity contribution in [1.82, 2.24) is 14.7 Å². The number of piperazine rings is 1. The fourth-order valence-corrected chi connectivity index (χ4v) is 4.36. The number of nitrogens with zero attached hydrogens (tertiary/aromatic N) is 3. The Bertz CT molecular complexity index is 630. The summed E-state index contributed by atoms with van der Waals surface area (Å²) >= 11 is 0. The summed E-state index contributed by atoms with van der Waals surface area (Å²) in [5, 5.41) is 3.54. The van der Waals surface area contributed by atoms with Crippen LogP contribution in [0.1, 0.15) is 25.0 Å². The Labute approximate surface area is 144 Å². The van der Waals surface area contributed by atoms with E-state index in [1.165, 1.54) is 16.8 Å². The van der Waals surface area contributed by atoms with Crippen LogP contribution in [0.25, 0.3) is 0 Å². The lowest BCUT2D eigenvalue weighted by Gasteiger charge is -2.36. The van der Waals surface area contributed by atoms with Crippen molar-refractivity contribution in [2.75, 3.05) is 44.6 Å². The standard InChI is InChI=1S/C19H28N4O/c1-14(2)10-22-13-17-12-21(8-9-23(17)19(22)24)11-16-5-3-4-15-6-7-20-18(15)16/h3-5,14,17,20H,6-13H2,1-2H3. The highest BCUT2D eigenvalue weighted by Gasteiger charge is 2.40. The highest BCUT2D eigenvalue weighted by molar-refractivity contribution is 5.77. The van der Waals surface area contributed by atoms with Gasteiger partial charge in [0, 0.05) is 51.5 Å². The van der Waals surface area contributed by atoms with Gasteiger partial charge in [-0.15, -0.1) is 0 Å². The van der Waals surface area contributed by atoms with E-state index in [9.17, 15) is 4.79 Å². The van der Waals surface area contributed by atoms with Crippen LogP contribution in [0, 0.1) is 5.92 Å². The summed E-state index contributed by atoms with van der Waals surface area (Å²) in [6.45, 7) is 11.0. The molecule has 1 N–H and O–H groups in total. The summed E-state index contributed by atoms with van der Waals surface area (Å²) in [5.41, 5.74) is 4.20. The van der Waals surface area contributed by atoms with E-state index >= 15 is 0 Å². The topological polar surface area (TPSA) is 38.8 Å². The van der Waals surface area contributed by atoms with Crippen molar-refractivity contribution in [3.05, 3.63) is 29.3 Å². The van der Waals surface area contributed by atoms with Gasteiger partial charge in [-0.1, -0.05) is 32.0 Å². The second-order valence-corrected chi connectivity index (χ2v) is 7.79. The lowest BCUT2D eigenvalue weighted by atomic mass is 10.1. The molecule has 5 nitrogen and oxygen atoms in total. The average Bonchev–Trinajstić information content (AvgIpc) is 3.13. The first-order valence-electron chi connectivity index (χ1n) is 9.24. The number of amides is 2. The van der Waals surface area contributed by atoms with Crippen molar-refractivity contribution in [2.24, 2.45) is 5.92 Å². The summed E-state index contributed by atoms with van der Waals surface area (Å²) in [5.74, 6) is 0.532. The number of rotatable bonds is 4. The minimum atomic E-state index is 0.246. The van der Waals surface area contributed by atoms with Gasteiger partial charge in [0.15, 0.2) is 0 Å². The molecule has 3 aliphatic rings. The molecule has 130 valence electrons. The van der Waals surface area contributed by atoms with E-state index in [0.717, 1.165) is 52.2 Å². The van der Waals surface area contributed by atoms with Gasteiger partial charge >= 0.3 is 6.03 Å². The van der Waals surface area contributed by atoms with E-state index in [0.29, 0.717) is 12.0 Å². The van der Waals surface area contributed by atoms with Crippen molar-refractivity contribution < 1.29 is 4.79 Å². The summed E-state index contributed by atoms with van der Waals surface area (Å²) < 4.78 is 0. The Hall–Kier alpha value is -1.75. The smallest absolute Gasteiger partial charge is 0.320 e. The highest BCUT2D eigenvalue weighted by Crippen LogP contribution is 2.29. The third kappa shape index (κ3) is 2.86. The number of carbonyl (C=O) groups excluding carboxylic acids is 1. The normalized spacial score (nSPS) is 23.6. The number of anilines is 1. The van der Waals surface area contributed by atoms with Crippen LogP contribution in [0.3, 0.4) is 0 Å². The molecular weight excluding hydrogens is 300 g/mol. The molecule has 5 heteroatoms. The number of hydrogen-bond donors (Lipinski definition) is 1. The second kappa shape index (κ2) is 6.28. The Kier molecular flexibility index (Phi) is 4.12. The SMILES string of the molecule is CC(C)CN1CC2CN(Cc3cccc4c3NCC4)CCN2C1=O. The zero-order chi connectivity index (χ0) is 16.7. The molecule has 1 unspecified atom stereocenters. The maximum atomic E-state index is 12.5.